The van der Waals surface area contributed by atoms with Crippen molar-refractivity contribution in [3.63, 3.8) is 0 Å². The monoisotopic (exact) mass is 337 g/mol. The first-order valence-electron chi connectivity index (χ1n) is 8.51. The van der Waals surface area contributed by atoms with Gasteiger partial charge < -0.3 is 9.64 Å². The predicted molar refractivity (Wildman–Crippen MR) is 97.9 cm³/mol. The molecule has 1 atom stereocenters. The van der Waals surface area contributed by atoms with Crippen LogP contribution in [0.4, 0.5) is 5.69 Å². The van der Waals surface area contributed by atoms with Gasteiger partial charge in [0.1, 0.15) is 5.75 Å². The zero-order valence-electron chi connectivity index (χ0n) is 15.1. The maximum Gasteiger partial charge on any atom is 0.316 e. The van der Waals surface area contributed by atoms with Crippen LogP contribution in [0.25, 0.3) is 0 Å². The summed E-state index contributed by atoms with van der Waals surface area (Å²) in [5.74, 6) is -0.236. The van der Waals surface area contributed by atoms with Crippen LogP contribution in [0.5, 0.6) is 5.75 Å². The van der Waals surface area contributed by atoms with Gasteiger partial charge in [-0.05, 0) is 56.5 Å². The highest BCUT2D eigenvalue weighted by atomic mass is 16.5. The normalized spacial score (nSPS) is 17.0. The van der Waals surface area contributed by atoms with Gasteiger partial charge in [-0.15, -0.1) is 0 Å². The fourth-order valence-electron chi connectivity index (χ4n) is 3.22. The van der Waals surface area contributed by atoms with Crippen molar-refractivity contribution < 1.29 is 14.3 Å². The number of carbonyl (C=O) groups is 2. The molecule has 0 bridgehead atoms. The molecule has 0 spiro atoms. The van der Waals surface area contributed by atoms with Crippen LogP contribution in [-0.4, -0.2) is 18.4 Å². The van der Waals surface area contributed by atoms with Crippen LogP contribution in [-0.2, 0) is 9.59 Å². The standard InChI is InChI=1S/C21H23NO3/c1-13-6-8-18(16(4)9-13)22-12-17(11-20(22)23)21(24)25-19-10-14(2)5-7-15(19)3/h5-10,17H,11-12H2,1-4H3. The van der Waals surface area contributed by atoms with Gasteiger partial charge in [-0.1, -0.05) is 29.8 Å². The molecule has 0 aromatic heterocycles. The molecule has 1 heterocycles. The van der Waals surface area contributed by atoms with Gasteiger partial charge in [-0.3, -0.25) is 9.59 Å². The molecule has 0 radical (unpaired) electrons. The Hall–Kier alpha value is -2.62. The molecule has 3 rings (SSSR count). The maximum absolute atomic E-state index is 12.5. The first kappa shape index (κ1) is 17.2. The minimum Gasteiger partial charge on any atom is -0.426 e. The van der Waals surface area contributed by atoms with Crippen molar-refractivity contribution in [2.45, 2.75) is 34.1 Å². The Morgan fingerprint density at radius 3 is 2.40 bits per heavy atom. The number of nitrogens with zero attached hydrogens (tertiary/aromatic N) is 1. The molecule has 0 N–H and O–H groups in total. The molecule has 4 nitrogen and oxygen atoms in total. The summed E-state index contributed by atoms with van der Waals surface area (Å²) in [7, 11) is 0. The van der Waals surface area contributed by atoms with Crippen molar-refractivity contribution in [2.24, 2.45) is 5.92 Å². The van der Waals surface area contributed by atoms with Gasteiger partial charge in [0, 0.05) is 18.7 Å². The Balaban J connectivity index is 1.75. The zero-order chi connectivity index (χ0) is 18.1. The molecule has 25 heavy (non-hydrogen) atoms. The van der Waals surface area contributed by atoms with Gasteiger partial charge in [0.15, 0.2) is 0 Å². The number of hydrogen-bond donors (Lipinski definition) is 0. The third-order valence-electron chi connectivity index (χ3n) is 4.66. The number of anilines is 1. The van der Waals surface area contributed by atoms with Crippen LogP contribution in [0.2, 0.25) is 0 Å². The van der Waals surface area contributed by atoms with Crippen LogP contribution in [0.3, 0.4) is 0 Å². The third kappa shape index (κ3) is 3.58. The van der Waals surface area contributed by atoms with E-state index in [4.69, 9.17) is 4.74 Å². The molecular weight excluding hydrogens is 314 g/mol. The Labute approximate surface area is 148 Å². The molecular formula is C21H23NO3. The van der Waals surface area contributed by atoms with E-state index in [1.165, 1.54) is 0 Å². The first-order valence-corrected chi connectivity index (χ1v) is 8.51. The summed E-state index contributed by atoms with van der Waals surface area (Å²) in [6.07, 6.45) is 0.191. The summed E-state index contributed by atoms with van der Waals surface area (Å²) in [6, 6.07) is 11.7. The third-order valence-corrected chi connectivity index (χ3v) is 4.66. The Kier molecular flexibility index (Phi) is 4.62. The molecule has 1 unspecified atom stereocenters. The summed E-state index contributed by atoms with van der Waals surface area (Å²) >= 11 is 0. The van der Waals surface area contributed by atoms with Crippen molar-refractivity contribution in [1.82, 2.24) is 0 Å². The minimum absolute atomic E-state index is 0.0325. The van der Waals surface area contributed by atoms with E-state index in [-0.39, 0.29) is 18.3 Å². The molecule has 1 amide bonds. The van der Waals surface area contributed by atoms with Gasteiger partial charge in [-0.25, -0.2) is 0 Å². The summed E-state index contributed by atoms with van der Waals surface area (Å²) in [5, 5.41) is 0. The topological polar surface area (TPSA) is 46.6 Å². The van der Waals surface area contributed by atoms with Gasteiger partial charge in [0.25, 0.3) is 0 Å². The average Bonchev–Trinajstić information content (AvgIpc) is 2.93. The van der Waals surface area contributed by atoms with Crippen LogP contribution in [0.15, 0.2) is 36.4 Å². The molecule has 2 aromatic carbocycles. The van der Waals surface area contributed by atoms with E-state index in [0.717, 1.165) is 27.9 Å². The lowest BCUT2D eigenvalue weighted by Crippen LogP contribution is -2.28. The van der Waals surface area contributed by atoms with E-state index in [1.54, 1.807) is 4.90 Å². The van der Waals surface area contributed by atoms with Crippen molar-refractivity contribution in [3.8, 4) is 5.75 Å². The van der Waals surface area contributed by atoms with Crippen LogP contribution in [0.1, 0.15) is 28.7 Å². The van der Waals surface area contributed by atoms with Crippen molar-refractivity contribution in [1.29, 1.82) is 0 Å². The summed E-state index contributed by atoms with van der Waals surface area (Å²) in [4.78, 5) is 26.7. The summed E-state index contributed by atoms with van der Waals surface area (Å²) in [6.45, 7) is 8.23. The maximum atomic E-state index is 12.5. The Bertz CT molecular complexity index is 841. The smallest absolute Gasteiger partial charge is 0.316 e. The quantitative estimate of drug-likeness (QED) is 0.631. The fraction of sp³-hybridized carbons (Fsp3) is 0.333. The second-order valence-corrected chi connectivity index (χ2v) is 6.89. The first-order chi connectivity index (χ1) is 11.8. The van der Waals surface area contributed by atoms with Crippen LogP contribution >= 0.6 is 0 Å². The Morgan fingerprint density at radius 1 is 1.00 bits per heavy atom. The fourth-order valence-corrected chi connectivity index (χ4v) is 3.22. The molecule has 1 aliphatic heterocycles. The second-order valence-electron chi connectivity index (χ2n) is 6.89. The molecule has 0 saturated carbocycles. The number of hydrogen-bond acceptors (Lipinski definition) is 3. The second kappa shape index (κ2) is 6.71. The lowest BCUT2D eigenvalue weighted by atomic mass is 10.1. The van der Waals surface area contributed by atoms with Gasteiger partial charge in [0.2, 0.25) is 5.91 Å². The Morgan fingerprint density at radius 2 is 1.68 bits per heavy atom. The lowest BCUT2D eigenvalue weighted by Gasteiger charge is -2.19. The van der Waals surface area contributed by atoms with Gasteiger partial charge >= 0.3 is 5.97 Å². The predicted octanol–water partition coefficient (Wildman–Crippen LogP) is 3.88. The SMILES string of the molecule is Cc1ccc(N2CC(C(=O)Oc3cc(C)ccc3C)CC2=O)c(C)c1. The number of aryl methyl sites for hydroxylation is 4. The molecule has 1 saturated heterocycles. The van der Waals surface area contributed by atoms with E-state index in [2.05, 4.69) is 0 Å². The van der Waals surface area contributed by atoms with Crippen LogP contribution < -0.4 is 9.64 Å². The minimum atomic E-state index is -0.437. The van der Waals surface area contributed by atoms with Gasteiger partial charge in [0.05, 0.1) is 5.92 Å². The molecule has 1 fully saturated rings. The number of ether oxygens (including phenoxy) is 1. The van der Waals surface area contributed by atoms with E-state index in [9.17, 15) is 9.59 Å². The van der Waals surface area contributed by atoms with Crippen molar-refractivity contribution >= 4 is 17.6 Å². The van der Waals surface area contributed by atoms with E-state index >= 15 is 0 Å². The largest absolute Gasteiger partial charge is 0.426 e. The number of amides is 1. The highest BCUT2D eigenvalue weighted by Gasteiger charge is 2.37. The molecule has 1 aliphatic rings. The summed E-state index contributed by atoms with van der Waals surface area (Å²) < 4.78 is 5.57. The number of carbonyl (C=O) groups excluding carboxylic acids is 2. The number of benzene rings is 2. The lowest BCUT2D eigenvalue weighted by molar-refractivity contribution is -0.139. The molecule has 0 aliphatic carbocycles. The number of rotatable bonds is 3. The van der Waals surface area contributed by atoms with E-state index < -0.39 is 5.92 Å². The average molecular weight is 337 g/mol. The molecule has 4 heteroatoms. The molecule has 2 aromatic rings. The van der Waals surface area contributed by atoms with E-state index in [0.29, 0.717) is 12.3 Å². The van der Waals surface area contributed by atoms with Gasteiger partial charge in [-0.2, -0.15) is 0 Å². The molecule has 130 valence electrons. The highest BCUT2D eigenvalue weighted by molar-refractivity contribution is 6.00. The summed E-state index contributed by atoms with van der Waals surface area (Å²) in [5.41, 5.74) is 5.01. The van der Waals surface area contributed by atoms with Crippen LogP contribution in [0, 0.1) is 33.6 Å². The van der Waals surface area contributed by atoms with Crippen molar-refractivity contribution in [2.75, 3.05) is 11.4 Å². The zero-order valence-corrected chi connectivity index (χ0v) is 15.1. The highest BCUT2D eigenvalue weighted by Crippen LogP contribution is 2.30. The van der Waals surface area contributed by atoms with E-state index in [1.807, 2.05) is 64.1 Å². The van der Waals surface area contributed by atoms with Crippen molar-refractivity contribution in [3.05, 3.63) is 58.7 Å². The number of esters is 1.